The lowest BCUT2D eigenvalue weighted by Gasteiger charge is -2.13. The van der Waals surface area contributed by atoms with Crippen LogP contribution in [0.2, 0.25) is 5.02 Å². The molecule has 2 aromatic carbocycles. The SMILES string of the molecule is COC(=O)c1cccc(Cl)c1NCCOc1ccccc1. The van der Waals surface area contributed by atoms with Crippen molar-refractivity contribution in [2.45, 2.75) is 0 Å². The van der Waals surface area contributed by atoms with Crippen LogP contribution < -0.4 is 10.1 Å². The molecule has 0 aliphatic heterocycles. The van der Waals surface area contributed by atoms with E-state index in [1.165, 1.54) is 7.11 Å². The van der Waals surface area contributed by atoms with E-state index in [4.69, 9.17) is 21.1 Å². The predicted octanol–water partition coefficient (Wildman–Crippen LogP) is 3.62. The third-order valence-electron chi connectivity index (χ3n) is 2.83. The minimum absolute atomic E-state index is 0.407. The number of halogens is 1. The summed E-state index contributed by atoms with van der Waals surface area (Å²) in [6, 6.07) is 14.6. The van der Waals surface area contributed by atoms with Crippen LogP contribution in [0.3, 0.4) is 0 Å². The summed E-state index contributed by atoms with van der Waals surface area (Å²) >= 11 is 6.12. The molecule has 5 heteroatoms. The number of methoxy groups -OCH3 is 1. The maximum absolute atomic E-state index is 11.7. The van der Waals surface area contributed by atoms with E-state index in [-0.39, 0.29) is 0 Å². The van der Waals surface area contributed by atoms with E-state index in [0.29, 0.717) is 29.4 Å². The molecule has 2 rings (SSSR count). The van der Waals surface area contributed by atoms with Gasteiger partial charge in [-0.25, -0.2) is 4.79 Å². The van der Waals surface area contributed by atoms with Crippen LogP contribution in [0.15, 0.2) is 48.5 Å². The van der Waals surface area contributed by atoms with Crippen molar-refractivity contribution in [1.29, 1.82) is 0 Å². The van der Waals surface area contributed by atoms with E-state index >= 15 is 0 Å². The zero-order valence-corrected chi connectivity index (χ0v) is 12.4. The zero-order valence-electron chi connectivity index (χ0n) is 11.6. The minimum Gasteiger partial charge on any atom is -0.492 e. The van der Waals surface area contributed by atoms with Crippen molar-refractivity contribution in [3.05, 3.63) is 59.1 Å². The second-order valence-electron chi connectivity index (χ2n) is 4.24. The molecule has 0 bridgehead atoms. The van der Waals surface area contributed by atoms with Crippen molar-refractivity contribution in [3.8, 4) is 5.75 Å². The summed E-state index contributed by atoms with van der Waals surface area (Å²) in [7, 11) is 1.34. The van der Waals surface area contributed by atoms with Crippen LogP contribution in [0, 0.1) is 0 Å². The Labute approximate surface area is 128 Å². The molecule has 2 aromatic rings. The van der Waals surface area contributed by atoms with Gasteiger partial charge in [0, 0.05) is 6.54 Å². The number of esters is 1. The fourth-order valence-electron chi connectivity index (χ4n) is 1.85. The lowest BCUT2D eigenvalue weighted by atomic mass is 10.2. The first-order chi connectivity index (χ1) is 10.2. The van der Waals surface area contributed by atoms with Crippen LogP contribution in [0.5, 0.6) is 5.75 Å². The lowest BCUT2D eigenvalue weighted by Crippen LogP contribution is -2.14. The van der Waals surface area contributed by atoms with Crippen LogP contribution in [0.25, 0.3) is 0 Å². The fraction of sp³-hybridized carbons (Fsp3) is 0.188. The van der Waals surface area contributed by atoms with Crippen LogP contribution in [-0.4, -0.2) is 26.2 Å². The molecule has 0 saturated carbocycles. The number of carbonyl (C=O) groups is 1. The molecule has 21 heavy (non-hydrogen) atoms. The smallest absolute Gasteiger partial charge is 0.340 e. The second-order valence-corrected chi connectivity index (χ2v) is 4.65. The molecule has 0 aliphatic rings. The molecular weight excluding hydrogens is 290 g/mol. The summed E-state index contributed by atoms with van der Waals surface area (Å²) in [5.74, 6) is 0.371. The molecule has 0 amide bonds. The Bertz CT molecular complexity index is 602. The normalized spacial score (nSPS) is 10.0. The van der Waals surface area contributed by atoms with E-state index in [1.54, 1.807) is 18.2 Å². The molecule has 0 aromatic heterocycles. The van der Waals surface area contributed by atoms with E-state index in [0.717, 1.165) is 5.75 Å². The fourth-order valence-corrected chi connectivity index (χ4v) is 2.09. The highest BCUT2D eigenvalue weighted by Crippen LogP contribution is 2.26. The molecule has 1 N–H and O–H groups in total. The van der Waals surface area contributed by atoms with Crippen molar-refractivity contribution in [1.82, 2.24) is 0 Å². The Morgan fingerprint density at radius 1 is 1.14 bits per heavy atom. The highest BCUT2D eigenvalue weighted by Gasteiger charge is 2.14. The molecule has 0 radical (unpaired) electrons. The van der Waals surface area contributed by atoms with Gasteiger partial charge >= 0.3 is 5.97 Å². The summed E-state index contributed by atoms with van der Waals surface area (Å²) in [5.41, 5.74) is 0.965. The highest BCUT2D eigenvalue weighted by molar-refractivity contribution is 6.34. The summed E-state index contributed by atoms with van der Waals surface area (Å²) < 4.78 is 10.3. The average molecular weight is 306 g/mol. The average Bonchev–Trinajstić information content (AvgIpc) is 2.53. The Morgan fingerprint density at radius 3 is 2.62 bits per heavy atom. The molecule has 0 spiro atoms. The third-order valence-corrected chi connectivity index (χ3v) is 3.15. The van der Waals surface area contributed by atoms with E-state index < -0.39 is 5.97 Å². The van der Waals surface area contributed by atoms with Gasteiger partial charge in [0.25, 0.3) is 0 Å². The Balaban J connectivity index is 1.95. The van der Waals surface area contributed by atoms with Crippen molar-refractivity contribution in [2.75, 3.05) is 25.6 Å². The summed E-state index contributed by atoms with van der Waals surface area (Å²) in [5, 5.41) is 3.58. The van der Waals surface area contributed by atoms with E-state index in [1.807, 2.05) is 30.3 Å². The van der Waals surface area contributed by atoms with Crippen LogP contribution in [0.4, 0.5) is 5.69 Å². The van der Waals surface area contributed by atoms with Gasteiger partial charge in [0.1, 0.15) is 12.4 Å². The molecule has 110 valence electrons. The number of carbonyl (C=O) groups excluding carboxylic acids is 1. The van der Waals surface area contributed by atoms with Gasteiger partial charge in [-0.1, -0.05) is 35.9 Å². The Hall–Kier alpha value is -2.20. The summed E-state index contributed by atoms with van der Waals surface area (Å²) in [6.07, 6.45) is 0. The minimum atomic E-state index is -0.427. The van der Waals surface area contributed by atoms with Gasteiger partial charge in [-0.3, -0.25) is 0 Å². The molecule has 4 nitrogen and oxygen atoms in total. The number of benzene rings is 2. The molecule has 0 heterocycles. The van der Waals surface area contributed by atoms with Gasteiger partial charge in [0.2, 0.25) is 0 Å². The van der Waals surface area contributed by atoms with Crippen LogP contribution >= 0.6 is 11.6 Å². The maximum atomic E-state index is 11.7. The molecule has 0 fully saturated rings. The first-order valence-corrected chi connectivity index (χ1v) is 6.88. The van der Waals surface area contributed by atoms with Gasteiger partial charge in [-0.05, 0) is 24.3 Å². The van der Waals surface area contributed by atoms with Crippen molar-refractivity contribution in [3.63, 3.8) is 0 Å². The van der Waals surface area contributed by atoms with Gasteiger partial charge in [0.05, 0.1) is 23.4 Å². The van der Waals surface area contributed by atoms with Gasteiger partial charge in [-0.2, -0.15) is 0 Å². The number of para-hydroxylation sites is 2. The molecular formula is C16H16ClNO3. The summed E-state index contributed by atoms with van der Waals surface area (Å²) in [4.78, 5) is 11.7. The lowest BCUT2D eigenvalue weighted by molar-refractivity contribution is 0.0602. The highest BCUT2D eigenvalue weighted by atomic mass is 35.5. The molecule has 0 atom stereocenters. The van der Waals surface area contributed by atoms with E-state index in [2.05, 4.69) is 5.32 Å². The van der Waals surface area contributed by atoms with Crippen LogP contribution in [0.1, 0.15) is 10.4 Å². The van der Waals surface area contributed by atoms with Crippen LogP contribution in [-0.2, 0) is 4.74 Å². The maximum Gasteiger partial charge on any atom is 0.340 e. The Kier molecular flexibility index (Phi) is 5.46. The zero-order chi connectivity index (χ0) is 15.1. The first kappa shape index (κ1) is 15.2. The second kappa shape index (κ2) is 7.55. The standard InChI is InChI=1S/C16H16ClNO3/c1-20-16(19)13-8-5-9-14(17)15(13)18-10-11-21-12-6-3-2-4-7-12/h2-9,18H,10-11H2,1H3. The molecule has 0 aliphatic carbocycles. The summed E-state index contributed by atoms with van der Waals surface area (Å²) in [6.45, 7) is 0.971. The monoisotopic (exact) mass is 305 g/mol. The van der Waals surface area contributed by atoms with Gasteiger partial charge in [0.15, 0.2) is 0 Å². The predicted molar refractivity (Wildman–Crippen MR) is 83.2 cm³/mol. The van der Waals surface area contributed by atoms with Crippen molar-refractivity contribution in [2.24, 2.45) is 0 Å². The quantitative estimate of drug-likeness (QED) is 0.654. The number of hydrogen-bond donors (Lipinski definition) is 1. The van der Waals surface area contributed by atoms with E-state index in [9.17, 15) is 4.79 Å². The number of ether oxygens (including phenoxy) is 2. The van der Waals surface area contributed by atoms with Crippen molar-refractivity contribution < 1.29 is 14.3 Å². The first-order valence-electron chi connectivity index (χ1n) is 6.51. The number of hydrogen-bond acceptors (Lipinski definition) is 4. The number of rotatable bonds is 6. The molecule has 0 unspecified atom stereocenters. The topological polar surface area (TPSA) is 47.6 Å². The van der Waals surface area contributed by atoms with Crippen molar-refractivity contribution >= 4 is 23.3 Å². The largest absolute Gasteiger partial charge is 0.492 e. The van der Waals surface area contributed by atoms with Gasteiger partial charge in [-0.15, -0.1) is 0 Å². The Morgan fingerprint density at radius 2 is 1.90 bits per heavy atom. The van der Waals surface area contributed by atoms with Gasteiger partial charge < -0.3 is 14.8 Å². The third kappa shape index (κ3) is 4.13. The molecule has 0 saturated heterocycles. The number of nitrogens with one attached hydrogen (secondary N) is 1. The number of anilines is 1.